The Labute approximate surface area is 183 Å². The average molecular weight is 425 g/mol. The first-order valence-corrected chi connectivity index (χ1v) is 10.9. The van der Waals surface area contributed by atoms with Crippen LogP contribution in [0.25, 0.3) is 16.5 Å². The fourth-order valence-corrected chi connectivity index (χ4v) is 5.19. The minimum absolute atomic E-state index is 0.107. The van der Waals surface area contributed by atoms with Crippen molar-refractivity contribution in [2.24, 2.45) is 5.92 Å². The van der Waals surface area contributed by atoms with Crippen molar-refractivity contribution < 1.29 is 14.7 Å². The van der Waals surface area contributed by atoms with Crippen molar-refractivity contribution in [3.63, 3.8) is 0 Å². The molecule has 2 aromatic rings. The molecule has 0 radical (unpaired) electrons. The van der Waals surface area contributed by atoms with Crippen LogP contribution in [-0.2, 0) is 10.2 Å². The Morgan fingerprint density at radius 2 is 2.00 bits per heavy atom. The number of amides is 2. The van der Waals surface area contributed by atoms with Gasteiger partial charge >= 0.3 is 12.0 Å². The molecule has 1 unspecified atom stereocenters. The van der Waals surface area contributed by atoms with E-state index in [2.05, 4.69) is 37.8 Å². The maximum atomic E-state index is 13.5. The van der Waals surface area contributed by atoms with E-state index in [1.165, 1.54) is 6.20 Å². The molecule has 0 saturated carbocycles. The highest BCUT2D eigenvalue weighted by Gasteiger charge is 2.38. The molecule has 31 heavy (non-hydrogen) atoms. The van der Waals surface area contributed by atoms with Crippen LogP contribution in [0.5, 0.6) is 0 Å². The minimum Gasteiger partial charge on any atom is -0.478 e. The molecule has 1 fully saturated rings. The molecule has 2 amide bonds. The third-order valence-electron chi connectivity index (χ3n) is 6.39. The SMILES string of the molecule is CN(C)CC1CCCN(C(=O)N2C=C(C(=O)O)c3[nH]c4ccccc4c3C(C)(C)C2)C1. The Morgan fingerprint density at radius 1 is 1.26 bits per heavy atom. The van der Waals surface area contributed by atoms with Gasteiger partial charge in [-0.25, -0.2) is 9.59 Å². The Kier molecular flexibility index (Phi) is 5.56. The molecule has 7 nitrogen and oxygen atoms in total. The van der Waals surface area contributed by atoms with Crippen molar-refractivity contribution in [2.45, 2.75) is 32.1 Å². The van der Waals surface area contributed by atoms with Gasteiger partial charge < -0.3 is 19.9 Å². The highest BCUT2D eigenvalue weighted by Crippen LogP contribution is 2.40. The van der Waals surface area contributed by atoms with Crippen LogP contribution >= 0.6 is 0 Å². The van der Waals surface area contributed by atoms with Gasteiger partial charge in [0.15, 0.2) is 0 Å². The maximum absolute atomic E-state index is 13.5. The first-order chi connectivity index (χ1) is 14.7. The summed E-state index contributed by atoms with van der Waals surface area (Å²) in [7, 11) is 4.11. The summed E-state index contributed by atoms with van der Waals surface area (Å²) >= 11 is 0. The zero-order valence-corrected chi connectivity index (χ0v) is 18.8. The summed E-state index contributed by atoms with van der Waals surface area (Å²) in [5.74, 6) is -0.597. The number of likely N-dealkylation sites (tertiary alicyclic amines) is 1. The molecule has 2 aliphatic rings. The van der Waals surface area contributed by atoms with Gasteiger partial charge in [0.2, 0.25) is 0 Å². The molecule has 1 aromatic carbocycles. The lowest BCUT2D eigenvalue weighted by Gasteiger charge is -2.38. The largest absolute Gasteiger partial charge is 0.478 e. The maximum Gasteiger partial charge on any atom is 0.339 e. The number of carboxylic acid groups (broad SMARTS) is 1. The van der Waals surface area contributed by atoms with Crippen molar-refractivity contribution in [1.82, 2.24) is 19.7 Å². The number of hydrogen-bond acceptors (Lipinski definition) is 3. The van der Waals surface area contributed by atoms with Gasteiger partial charge in [-0.1, -0.05) is 32.0 Å². The van der Waals surface area contributed by atoms with E-state index in [9.17, 15) is 14.7 Å². The summed E-state index contributed by atoms with van der Waals surface area (Å²) in [4.78, 5) is 34.7. The molecule has 4 rings (SSSR count). The van der Waals surface area contributed by atoms with Crippen LogP contribution < -0.4 is 0 Å². The van der Waals surface area contributed by atoms with E-state index < -0.39 is 11.4 Å². The van der Waals surface area contributed by atoms with Crippen molar-refractivity contribution in [1.29, 1.82) is 0 Å². The van der Waals surface area contributed by atoms with E-state index in [4.69, 9.17) is 0 Å². The number of para-hydroxylation sites is 1. The van der Waals surface area contributed by atoms with Gasteiger partial charge in [-0.15, -0.1) is 0 Å². The van der Waals surface area contributed by atoms with Crippen LogP contribution in [0.1, 0.15) is 37.9 Å². The van der Waals surface area contributed by atoms with Gasteiger partial charge in [-0.2, -0.15) is 0 Å². The fourth-order valence-electron chi connectivity index (χ4n) is 5.19. The van der Waals surface area contributed by atoms with Crippen molar-refractivity contribution in [3.05, 3.63) is 41.7 Å². The number of carbonyl (C=O) groups is 2. The zero-order chi connectivity index (χ0) is 22.3. The molecule has 0 bridgehead atoms. The van der Waals surface area contributed by atoms with Gasteiger partial charge in [0.05, 0.1) is 11.3 Å². The summed E-state index contributed by atoms with van der Waals surface area (Å²) in [6.45, 7) is 6.95. The van der Waals surface area contributed by atoms with Gasteiger partial charge in [-0.3, -0.25) is 4.90 Å². The quantitative estimate of drug-likeness (QED) is 0.789. The van der Waals surface area contributed by atoms with E-state index in [-0.39, 0.29) is 11.6 Å². The number of benzene rings is 1. The summed E-state index contributed by atoms with van der Waals surface area (Å²) in [5, 5.41) is 11.0. The molecule has 2 N–H and O–H groups in total. The molecular weight excluding hydrogens is 392 g/mol. The number of H-pyrrole nitrogens is 1. The summed E-state index contributed by atoms with van der Waals surface area (Å²) < 4.78 is 0. The number of aromatic amines is 1. The van der Waals surface area contributed by atoms with Crippen molar-refractivity contribution in [3.8, 4) is 0 Å². The Balaban J connectivity index is 1.71. The molecule has 0 spiro atoms. The third-order valence-corrected chi connectivity index (χ3v) is 6.39. The molecule has 1 saturated heterocycles. The Bertz CT molecular complexity index is 1040. The monoisotopic (exact) mass is 424 g/mol. The number of hydrogen-bond donors (Lipinski definition) is 2. The van der Waals surface area contributed by atoms with Gasteiger partial charge in [0.1, 0.15) is 0 Å². The first kappa shape index (κ1) is 21.4. The van der Waals surface area contributed by atoms with Crippen LogP contribution in [0.4, 0.5) is 4.79 Å². The molecule has 7 heteroatoms. The second-order valence-corrected chi connectivity index (χ2v) is 9.78. The number of nitrogens with one attached hydrogen (secondary N) is 1. The number of carbonyl (C=O) groups excluding carboxylic acids is 1. The minimum atomic E-state index is -1.03. The summed E-state index contributed by atoms with van der Waals surface area (Å²) in [6, 6.07) is 7.76. The lowest BCUT2D eigenvalue weighted by Crippen LogP contribution is -2.49. The number of rotatable bonds is 3. The van der Waals surface area contributed by atoms with E-state index >= 15 is 0 Å². The summed E-state index contributed by atoms with van der Waals surface area (Å²) in [5.41, 5.74) is 2.17. The topological polar surface area (TPSA) is 79.9 Å². The molecule has 1 atom stereocenters. The number of piperidine rings is 1. The number of urea groups is 1. The second-order valence-electron chi connectivity index (χ2n) is 9.78. The van der Waals surface area contributed by atoms with E-state index in [0.717, 1.165) is 35.9 Å². The van der Waals surface area contributed by atoms with Crippen molar-refractivity contribution in [2.75, 3.05) is 40.3 Å². The third kappa shape index (κ3) is 4.06. The van der Waals surface area contributed by atoms with Crippen LogP contribution in [0.15, 0.2) is 30.5 Å². The van der Waals surface area contributed by atoms with Crippen LogP contribution in [0.3, 0.4) is 0 Å². The second kappa shape index (κ2) is 8.04. The standard InChI is InChI=1S/C24H32N4O3/c1-24(2)15-28(23(31)27-11-7-8-16(13-27)12-26(3)4)14-18(22(29)30)21-20(24)17-9-5-6-10-19(17)25-21/h5-6,9-10,14,16,25H,7-8,11-13,15H2,1-4H3,(H,29,30). The predicted molar refractivity (Wildman–Crippen MR) is 122 cm³/mol. The highest BCUT2D eigenvalue weighted by atomic mass is 16.4. The van der Waals surface area contributed by atoms with Gasteiger partial charge in [0.25, 0.3) is 0 Å². The zero-order valence-electron chi connectivity index (χ0n) is 18.8. The summed E-state index contributed by atoms with van der Waals surface area (Å²) in [6.07, 6.45) is 3.62. The predicted octanol–water partition coefficient (Wildman–Crippen LogP) is 3.58. The van der Waals surface area contributed by atoms with Crippen LogP contribution in [0.2, 0.25) is 0 Å². The Morgan fingerprint density at radius 3 is 2.71 bits per heavy atom. The molecule has 1 aromatic heterocycles. The van der Waals surface area contributed by atoms with Gasteiger partial charge in [0, 0.05) is 48.7 Å². The first-order valence-electron chi connectivity index (χ1n) is 10.9. The lowest BCUT2D eigenvalue weighted by molar-refractivity contribution is -0.130. The number of aromatic nitrogens is 1. The highest BCUT2D eigenvalue weighted by molar-refractivity contribution is 6.17. The molecule has 166 valence electrons. The fraction of sp³-hybridized carbons (Fsp3) is 0.500. The van der Waals surface area contributed by atoms with Crippen LogP contribution in [-0.4, -0.2) is 77.1 Å². The molecule has 3 heterocycles. The number of carboxylic acids is 1. The smallest absolute Gasteiger partial charge is 0.339 e. The Hall–Kier alpha value is -2.80. The van der Waals surface area contributed by atoms with Gasteiger partial charge in [-0.05, 0) is 44.5 Å². The number of fused-ring (bicyclic) bond motifs is 3. The molecular formula is C24H32N4O3. The molecule has 2 aliphatic heterocycles. The van der Waals surface area contributed by atoms with E-state index in [0.29, 0.717) is 31.2 Å². The molecule has 0 aliphatic carbocycles. The average Bonchev–Trinajstić information content (AvgIpc) is 3.04. The number of aliphatic carboxylic acids is 1. The van der Waals surface area contributed by atoms with E-state index in [1.807, 2.05) is 29.2 Å². The number of nitrogens with zero attached hydrogens (tertiary/aromatic N) is 3. The van der Waals surface area contributed by atoms with Crippen LogP contribution in [0, 0.1) is 5.92 Å². The normalized spacial score (nSPS) is 21.1. The van der Waals surface area contributed by atoms with Crippen molar-refractivity contribution >= 4 is 28.5 Å². The lowest BCUT2D eigenvalue weighted by atomic mass is 9.82. The van der Waals surface area contributed by atoms with E-state index in [1.54, 1.807) is 4.90 Å².